The molecule has 128 valence electrons. The number of aromatic nitrogens is 1. The molecule has 24 heavy (non-hydrogen) atoms. The molecule has 2 N–H and O–H groups in total. The number of carbonyl (C=O) groups is 1. The molecule has 1 unspecified atom stereocenters. The molecule has 1 aliphatic rings. The number of benzene rings is 1. The van der Waals surface area contributed by atoms with Gasteiger partial charge in [0.1, 0.15) is 11.5 Å². The second-order valence-electron chi connectivity index (χ2n) is 6.53. The van der Waals surface area contributed by atoms with Crippen LogP contribution in [-0.2, 0) is 17.8 Å². The number of aromatic hydroxyl groups is 1. The Hall–Kier alpha value is -2.08. The maximum Gasteiger partial charge on any atom is 0.264 e. The Labute approximate surface area is 145 Å². The number of nitrogens with zero attached hydrogens (tertiary/aromatic N) is 1. The van der Waals surface area contributed by atoms with Crippen LogP contribution in [0.5, 0.6) is 11.5 Å². The summed E-state index contributed by atoms with van der Waals surface area (Å²) < 4.78 is 10.2. The summed E-state index contributed by atoms with van der Waals surface area (Å²) in [5, 5.41) is 13.2. The fourth-order valence-electron chi connectivity index (χ4n) is 3.10. The zero-order chi connectivity index (χ0) is 17.5. The standard InChI is InChI=1S/C18H22N2O3S/c1-10-11(2)16-14(12(3)15(10)21)5-7-18(4,23-16)17(22)19-9-13-6-8-20-24-13/h6,8,21H,5,7,9H2,1-4H3,(H,19,22). The van der Waals surface area contributed by atoms with Gasteiger partial charge in [-0.3, -0.25) is 4.79 Å². The molecular weight excluding hydrogens is 324 g/mol. The fraction of sp³-hybridized carbons (Fsp3) is 0.444. The van der Waals surface area contributed by atoms with Gasteiger partial charge in [0.15, 0.2) is 5.60 Å². The molecule has 0 saturated heterocycles. The normalized spacial score (nSPS) is 19.5. The van der Waals surface area contributed by atoms with Crippen LogP contribution in [0.4, 0.5) is 0 Å². The maximum absolute atomic E-state index is 12.7. The predicted octanol–water partition coefficient (Wildman–Crippen LogP) is 3.17. The van der Waals surface area contributed by atoms with Crippen molar-refractivity contribution in [2.75, 3.05) is 0 Å². The van der Waals surface area contributed by atoms with E-state index < -0.39 is 5.60 Å². The molecule has 1 amide bonds. The van der Waals surface area contributed by atoms with Crippen LogP contribution < -0.4 is 10.1 Å². The Morgan fingerprint density at radius 2 is 2.12 bits per heavy atom. The second-order valence-corrected chi connectivity index (χ2v) is 7.44. The SMILES string of the molecule is Cc1c(C)c2c(c(C)c1O)CCC(C)(C(=O)NCc1ccns1)O2. The van der Waals surface area contributed by atoms with Gasteiger partial charge < -0.3 is 15.2 Å². The lowest BCUT2D eigenvalue weighted by molar-refractivity contribution is -0.137. The summed E-state index contributed by atoms with van der Waals surface area (Å²) in [4.78, 5) is 13.7. The van der Waals surface area contributed by atoms with E-state index in [0.29, 0.717) is 25.1 Å². The van der Waals surface area contributed by atoms with Crippen LogP contribution in [0.2, 0.25) is 0 Å². The maximum atomic E-state index is 12.7. The van der Waals surface area contributed by atoms with Crippen LogP contribution in [0, 0.1) is 20.8 Å². The van der Waals surface area contributed by atoms with Crippen molar-refractivity contribution >= 4 is 17.4 Å². The van der Waals surface area contributed by atoms with Gasteiger partial charge in [0, 0.05) is 23.1 Å². The molecule has 0 aliphatic carbocycles. The average molecular weight is 346 g/mol. The van der Waals surface area contributed by atoms with Crippen molar-refractivity contribution in [1.29, 1.82) is 0 Å². The van der Waals surface area contributed by atoms with Gasteiger partial charge in [0.05, 0.1) is 6.54 Å². The summed E-state index contributed by atoms with van der Waals surface area (Å²) >= 11 is 1.37. The molecule has 5 nitrogen and oxygen atoms in total. The quantitative estimate of drug-likeness (QED) is 0.895. The summed E-state index contributed by atoms with van der Waals surface area (Å²) in [5.74, 6) is 0.946. The molecule has 1 atom stereocenters. The minimum Gasteiger partial charge on any atom is -0.507 e. The number of fused-ring (bicyclic) bond motifs is 1. The van der Waals surface area contributed by atoms with Gasteiger partial charge >= 0.3 is 0 Å². The highest BCUT2D eigenvalue weighted by Gasteiger charge is 2.40. The number of phenolic OH excluding ortho intramolecular Hbond substituents is 1. The highest BCUT2D eigenvalue weighted by atomic mass is 32.1. The molecule has 1 aromatic heterocycles. The predicted molar refractivity (Wildman–Crippen MR) is 93.6 cm³/mol. The Kier molecular flexibility index (Phi) is 4.25. The molecule has 6 heteroatoms. The van der Waals surface area contributed by atoms with Crippen LogP contribution in [-0.4, -0.2) is 21.0 Å². The molecule has 0 spiro atoms. The Bertz CT molecular complexity index is 786. The molecule has 0 fully saturated rings. The molecule has 0 radical (unpaired) electrons. The first kappa shape index (κ1) is 16.8. The topological polar surface area (TPSA) is 71.5 Å². The first-order chi connectivity index (χ1) is 11.3. The first-order valence-electron chi connectivity index (χ1n) is 8.02. The lowest BCUT2D eigenvalue weighted by Crippen LogP contribution is -2.50. The largest absolute Gasteiger partial charge is 0.507 e. The van der Waals surface area contributed by atoms with Crippen LogP contribution in [0.1, 0.15) is 40.5 Å². The monoisotopic (exact) mass is 346 g/mol. The van der Waals surface area contributed by atoms with Crippen molar-refractivity contribution in [2.45, 2.75) is 52.7 Å². The van der Waals surface area contributed by atoms with E-state index in [9.17, 15) is 9.90 Å². The smallest absolute Gasteiger partial charge is 0.264 e. The van der Waals surface area contributed by atoms with E-state index in [2.05, 4.69) is 9.69 Å². The summed E-state index contributed by atoms with van der Waals surface area (Å²) in [6, 6.07) is 1.89. The Balaban J connectivity index is 1.84. The molecular formula is C18H22N2O3S. The van der Waals surface area contributed by atoms with E-state index in [0.717, 1.165) is 32.9 Å². The molecule has 1 aromatic carbocycles. The van der Waals surface area contributed by atoms with Gasteiger partial charge in [-0.05, 0) is 68.4 Å². The van der Waals surface area contributed by atoms with Crippen LogP contribution in [0.25, 0.3) is 0 Å². The van der Waals surface area contributed by atoms with E-state index in [4.69, 9.17) is 4.74 Å². The fourth-order valence-corrected chi connectivity index (χ4v) is 3.61. The van der Waals surface area contributed by atoms with E-state index in [-0.39, 0.29) is 5.91 Å². The van der Waals surface area contributed by atoms with Crippen molar-refractivity contribution in [3.8, 4) is 11.5 Å². The average Bonchev–Trinajstić information content (AvgIpc) is 3.09. The van der Waals surface area contributed by atoms with Crippen molar-refractivity contribution in [3.05, 3.63) is 39.4 Å². The third-order valence-corrected chi connectivity index (χ3v) is 5.66. The highest BCUT2D eigenvalue weighted by Crippen LogP contribution is 2.43. The molecule has 1 aliphatic heterocycles. The van der Waals surface area contributed by atoms with Gasteiger partial charge in [-0.15, -0.1) is 0 Å². The van der Waals surface area contributed by atoms with Crippen LogP contribution in [0.15, 0.2) is 12.3 Å². The number of ether oxygens (including phenoxy) is 1. The zero-order valence-corrected chi connectivity index (χ0v) is 15.2. The van der Waals surface area contributed by atoms with Crippen LogP contribution >= 0.6 is 11.5 Å². The second kappa shape index (κ2) is 6.09. The third kappa shape index (κ3) is 2.75. The van der Waals surface area contributed by atoms with Crippen molar-refractivity contribution in [1.82, 2.24) is 9.69 Å². The van der Waals surface area contributed by atoms with E-state index in [1.807, 2.05) is 33.8 Å². The molecule has 0 bridgehead atoms. The minimum atomic E-state index is -0.904. The van der Waals surface area contributed by atoms with Gasteiger partial charge in [0.2, 0.25) is 0 Å². The number of carbonyl (C=O) groups excluding carboxylic acids is 1. The van der Waals surface area contributed by atoms with E-state index in [1.165, 1.54) is 11.5 Å². The van der Waals surface area contributed by atoms with Crippen molar-refractivity contribution in [2.24, 2.45) is 0 Å². The van der Waals surface area contributed by atoms with Crippen molar-refractivity contribution < 1.29 is 14.6 Å². The van der Waals surface area contributed by atoms with Gasteiger partial charge in [-0.1, -0.05) is 0 Å². The lowest BCUT2D eigenvalue weighted by atomic mass is 9.86. The van der Waals surface area contributed by atoms with E-state index in [1.54, 1.807) is 6.20 Å². The number of amides is 1. The number of hydrogen-bond donors (Lipinski definition) is 2. The Morgan fingerprint density at radius 3 is 2.79 bits per heavy atom. The summed E-state index contributed by atoms with van der Waals surface area (Å²) in [7, 11) is 0. The molecule has 0 saturated carbocycles. The number of phenols is 1. The van der Waals surface area contributed by atoms with E-state index >= 15 is 0 Å². The third-order valence-electron chi connectivity index (χ3n) is 4.91. The van der Waals surface area contributed by atoms with Crippen molar-refractivity contribution in [3.63, 3.8) is 0 Å². The van der Waals surface area contributed by atoms with Gasteiger partial charge in [-0.2, -0.15) is 0 Å². The molecule has 3 rings (SSSR count). The van der Waals surface area contributed by atoms with Gasteiger partial charge in [-0.25, -0.2) is 4.37 Å². The summed E-state index contributed by atoms with van der Waals surface area (Å²) in [5.41, 5.74) is 2.65. The zero-order valence-electron chi connectivity index (χ0n) is 14.4. The number of hydrogen-bond acceptors (Lipinski definition) is 5. The number of rotatable bonds is 3. The molecule has 2 aromatic rings. The summed E-state index contributed by atoms with van der Waals surface area (Å²) in [6.07, 6.45) is 3.01. The lowest BCUT2D eigenvalue weighted by Gasteiger charge is -2.36. The van der Waals surface area contributed by atoms with Crippen LogP contribution in [0.3, 0.4) is 0 Å². The van der Waals surface area contributed by atoms with Gasteiger partial charge in [0.25, 0.3) is 5.91 Å². The highest BCUT2D eigenvalue weighted by molar-refractivity contribution is 7.05. The summed E-state index contributed by atoms with van der Waals surface area (Å²) in [6.45, 7) is 7.98. The first-order valence-corrected chi connectivity index (χ1v) is 8.79. The Morgan fingerprint density at radius 1 is 1.38 bits per heavy atom. The molecule has 2 heterocycles. The number of nitrogens with one attached hydrogen (secondary N) is 1. The minimum absolute atomic E-state index is 0.121.